The fraction of sp³-hybridized carbons (Fsp3) is 0.438. The molecule has 2 aliphatic heterocycles. The molecule has 1 fully saturated rings. The molecule has 3 heterocycles. The Morgan fingerprint density at radius 3 is 2.57 bits per heavy atom. The van der Waals surface area contributed by atoms with E-state index < -0.39 is 36.2 Å². The molecule has 11 nitrogen and oxygen atoms in total. The summed E-state index contributed by atoms with van der Waals surface area (Å²) in [5.41, 5.74) is 0.780. The zero-order valence-electron chi connectivity index (χ0n) is 26.2. The van der Waals surface area contributed by atoms with Crippen molar-refractivity contribution in [1.29, 1.82) is 0 Å². The van der Waals surface area contributed by atoms with Gasteiger partial charge in [-0.25, -0.2) is 9.37 Å². The van der Waals surface area contributed by atoms with Crippen molar-refractivity contribution in [3.05, 3.63) is 59.3 Å². The van der Waals surface area contributed by atoms with Crippen LogP contribution in [-0.4, -0.2) is 84.6 Å². The molecule has 15 heteroatoms. The van der Waals surface area contributed by atoms with Crippen LogP contribution in [0.15, 0.2) is 42.6 Å². The maximum Gasteiger partial charge on any atom is 0.421 e. The highest BCUT2D eigenvalue weighted by molar-refractivity contribution is 6.04. The molecule has 0 aliphatic carbocycles. The number of likely N-dealkylation sites (tertiary alicyclic amines) is 1. The third kappa shape index (κ3) is 8.02. The van der Waals surface area contributed by atoms with Gasteiger partial charge in [0.15, 0.2) is 0 Å². The van der Waals surface area contributed by atoms with E-state index in [1.165, 1.54) is 30.9 Å². The Kier molecular flexibility index (Phi) is 10.6. The normalized spacial score (nSPS) is 16.3. The average Bonchev–Trinajstić information content (AvgIpc) is 3.64. The van der Waals surface area contributed by atoms with E-state index in [0.717, 1.165) is 19.6 Å². The summed E-state index contributed by atoms with van der Waals surface area (Å²) in [6.07, 6.45) is -1.47. The molecule has 0 spiro atoms. The molecule has 2 aromatic carbocycles. The number of halogens is 4. The summed E-state index contributed by atoms with van der Waals surface area (Å²) in [5.74, 6) is -0.898. The lowest BCUT2D eigenvalue weighted by Gasteiger charge is -2.20. The summed E-state index contributed by atoms with van der Waals surface area (Å²) in [5, 5.41) is 11.7. The molecule has 1 saturated heterocycles. The quantitative estimate of drug-likeness (QED) is 0.167. The second kappa shape index (κ2) is 14.8. The maximum absolute atomic E-state index is 14.0. The van der Waals surface area contributed by atoms with Crippen molar-refractivity contribution in [3.8, 4) is 5.75 Å². The molecule has 252 valence electrons. The first-order chi connectivity index (χ1) is 22.6. The standard InChI is InChI=1S/C32H38F4N8O3/c1-20-22-6-5-7-25(28(22)30(46)44(20)16-11-33)40-29-23(32(34,35)36)19-39-31(42-29)41-24-9-8-21(18-26(24)47-2)37-12-10-27(45)38-13-17-43-14-3-4-15-43/h5-9,18-20,37H,3-4,10-17H2,1-2H3,(H,38,45)(H2,39,40,41,42). The molecule has 1 unspecified atom stereocenters. The lowest BCUT2D eigenvalue weighted by molar-refractivity contribution is -0.137. The van der Waals surface area contributed by atoms with Gasteiger partial charge in [-0.3, -0.25) is 9.59 Å². The number of amides is 2. The van der Waals surface area contributed by atoms with Crippen LogP contribution in [0.1, 0.15) is 53.7 Å². The third-order valence-electron chi connectivity index (χ3n) is 8.24. The minimum Gasteiger partial charge on any atom is -0.494 e. The van der Waals surface area contributed by atoms with E-state index in [1.807, 2.05) is 0 Å². The van der Waals surface area contributed by atoms with Gasteiger partial charge in [0.25, 0.3) is 5.91 Å². The number of fused-ring (bicyclic) bond motifs is 1. The van der Waals surface area contributed by atoms with Crippen LogP contribution in [0.3, 0.4) is 0 Å². The van der Waals surface area contributed by atoms with Crippen LogP contribution < -0.4 is 26.0 Å². The van der Waals surface area contributed by atoms with E-state index in [2.05, 4.69) is 36.1 Å². The monoisotopic (exact) mass is 658 g/mol. The first kappa shape index (κ1) is 33.7. The van der Waals surface area contributed by atoms with Gasteiger partial charge in [-0.05, 0) is 56.6 Å². The Bertz CT molecular complexity index is 1580. The van der Waals surface area contributed by atoms with Crippen LogP contribution in [0.5, 0.6) is 5.75 Å². The Hall–Kier alpha value is -4.66. The predicted octanol–water partition coefficient (Wildman–Crippen LogP) is 5.49. The smallest absolute Gasteiger partial charge is 0.421 e. The highest BCUT2D eigenvalue weighted by atomic mass is 19.4. The molecular formula is C32H38F4N8O3. The van der Waals surface area contributed by atoms with Gasteiger partial charge in [-0.15, -0.1) is 0 Å². The molecule has 3 aromatic rings. The second-order valence-corrected chi connectivity index (χ2v) is 11.3. The molecule has 1 aromatic heterocycles. The molecule has 2 amide bonds. The van der Waals surface area contributed by atoms with Crippen LogP contribution >= 0.6 is 0 Å². The van der Waals surface area contributed by atoms with Gasteiger partial charge in [0.2, 0.25) is 11.9 Å². The van der Waals surface area contributed by atoms with Crippen LogP contribution in [0.25, 0.3) is 0 Å². The molecular weight excluding hydrogens is 620 g/mol. The number of nitrogens with one attached hydrogen (secondary N) is 4. The van der Waals surface area contributed by atoms with Crippen molar-refractivity contribution in [2.75, 3.05) is 69.0 Å². The summed E-state index contributed by atoms with van der Waals surface area (Å²) < 4.78 is 60.6. The summed E-state index contributed by atoms with van der Waals surface area (Å²) >= 11 is 0. The highest BCUT2D eigenvalue weighted by Crippen LogP contribution is 2.41. The summed E-state index contributed by atoms with van der Waals surface area (Å²) in [6.45, 7) is 4.85. The fourth-order valence-electron chi connectivity index (χ4n) is 5.80. The van der Waals surface area contributed by atoms with E-state index in [4.69, 9.17) is 4.74 Å². The number of ether oxygens (including phenoxy) is 1. The number of rotatable bonds is 14. The third-order valence-corrected chi connectivity index (χ3v) is 8.24. The molecule has 0 radical (unpaired) electrons. The van der Waals surface area contributed by atoms with E-state index in [1.54, 1.807) is 37.3 Å². The fourth-order valence-corrected chi connectivity index (χ4v) is 5.80. The first-order valence-electron chi connectivity index (χ1n) is 15.5. The molecule has 5 rings (SSSR count). The Morgan fingerprint density at radius 1 is 1.06 bits per heavy atom. The minimum absolute atomic E-state index is 0.0535. The van der Waals surface area contributed by atoms with Crippen molar-refractivity contribution < 1.29 is 31.9 Å². The van der Waals surface area contributed by atoms with Crippen molar-refractivity contribution in [2.45, 2.75) is 38.4 Å². The lowest BCUT2D eigenvalue weighted by atomic mass is 10.0. The van der Waals surface area contributed by atoms with Gasteiger partial charge in [0.1, 0.15) is 23.8 Å². The first-order valence-corrected chi connectivity index (χ1v) is 15.5. The van der Waals surface area contributed by atoms with Crippen LogP contribution in [0.2, 0.25) is 0 Å². The van der Waals surface area contributed by atoms with Crippen molar-refractivity contribution in [2.24, 2.45) is 0 Å². The van der Waals surface area contributed by atoms with Crippen molar-refractivity contribution >= 4 is 40.6 Å². The SMILES string of the molecule is COc1cc(NCCC(=O)NCCN2CCCC2)ccc1Nc1ncc(C(F)(F)F)c(Nc2cccc3c2C(=O)N(CCF)C3C)n1. The lowest BCUT2D eigenvalue weighted by Crippen LogP contribution is -2.34. The Balaban J connectivity index is 1.27. The largest absolute Gasteiger partial charge is 0.494 e. The van der Waals surface area contributed by atoms with Gasteiger partial charge in [-0.2, -0.15) is 18.2 Å². The number of carbonyl (C=O) groups is 2. The summed E-state index contributed by atoms with van der Waals surface area (Å²) in [4.78, 5) is 37.0. The second-order valence-electron chi connectivity index (χ2n) is 11.3. The van der Waals surface area contributed by atoms with E-state index >= 15 is 0 Å². The Morgan fingerprint density at radius 2 is 1.85 bits per heavy atom. The number of alkyl halides is 4. The zero-order valence-corrected chi connectivity index (χ0v) is 26.2. The molecule has 0 bridgehead atoms. The van der Waals surface area contributed by atoms with Gasteiger partial charge >= 0.3 is 6.18 Å². The molecule has 4 N–H and O–H groups in total. The number of carbonyl (C=O) groups excluding carboxylic acids is 2. The van der Waals surface area contributed by atoms with Gasteiger partial charge in [0.05, 0.1) is 30.1 Å². The van der Waals surface area contributed by atoms with E-state index in [0.29, 0.717) is 42.0 Å². The molecule has 2 aliphatic rings. The molecule has 47 heavy (non-hydrogen) atoms. The number of hydrogen-bond donors (Lipinski definition) is 4. The maximum atomic E-state index is 14.0. The number of nitrogens with zero attached hydrogens (tertiary/aromatic N) is 4. The van der Waals surface area contributed by atoms with Crippen LogP contribution in [0.4, 0.5) is 46.4 Å². The molecule has 0 saturated carbocycles. The van der Waals surface area contributed by atoms with Gasteiger partial charge < -0.3 is 35.8 Å². The Labute approximate surface area is 270 Å². The number of anilines is 5. The number of methoxy groups -OCH3 is 1. The van der Waals surface area contributed by atoms with E-state index in [-0.39, 0.29) is 36.1 Å². The summed E-state index contributed by atoms with van der Waals surface area (Å²) in [6, 6.07) is 9.39. The minimum atomic E-state index is -4.80. The van der Waals surface area contributed by atoms with Crippen molar-refractivity contribution in [3.63, 3.8) is 0 Å². The van der Waals surface area contributed by atoms with E-state index in [9.17, 15) is 27.2 Å². The molecule has 1 atom stereocenters. The van der Waals surface area contributed by atoms with Crippen LogP contribution in [0, 0.1) is 0 Å². The average molecular weight is 659 g/mol. The van der Waals surface area contributed by atoms with Crippen molar-refractivity contribution in [1.82, 2.24) is 25.1 Å². The topological polar surface area (TPSA) is 124 Å². The number of aromatic nitrogens is 2. The van der Waals surface area contributed by atoms with Gasteiger partial charge in [0, 0.05) is 50.6 Å². The zero-order chi connectivity index (χ0) is 33.6. The predicted molar refractivity (Wildman–Crippen MR) is 170 cm³/mol. The number of hydrogen-bond acceptors (Lipinski definition) is 9. The van der Waals surface area contributed by atoms with Gasteiger partial charge in [-0.1, -0.05) is 12.1 Å². The van der Waals surface area contributed by atoms with Crippen LogP contribution in [-0.2, 0) is 11.0 Å². The highest BCUT2D eigenvalue weighted by Gasteiger charge is 2.38. The summed E-state index contributed by atoms with van der Waals surface area (Å²) in [7, 11) is 1.44. The number of benzene rings is 2.